The van der Waals surface area contributed by atoms with Gasteiger partial charge in [0.2, 0.25) is 5.88 Å². The number of anilines is 1. The Morgan fingerprint density at radius 2 is 2.14 bits per heavy atom. The van der Waals surface area contributed by atoms with Crippen molar-refractivity contribution in [2.24, 2.45) is 0 Å². The number of pyridine rings is 2. The lowest BCUT2D eigenvalue weighted by atomic mass is 10.1. The van der Waals surface area contributed by atoms with Crippen molar-refractivity contribution in [1.82, 2.24) is 9.97 Å². The zero-order chi connectivity index (χ0) is 15.4. The Labute approximate surface area is 128 Å². The minimum absolute atomic E-state index is 0.183. The summed E-state index contributed by atoms with van der Waals surface area (Å²) >= 11 is 5.97. The number of carbonyl (C=O) groups excluding carboxylic acids is 1. The summed E-state index contributed by atoms with van der Waals surface area (Å²) < 4.78 is 5.10. The van der Waals surface area contributed by atoms with Crippen molar-refractivity contribution in [3.05, 3.63) is 46.9 Å². The van der Waals surface area contributed by atoms with Gasteiger partial charge in [-0.25, -0.2) is 9.97 Å². The average Bonchev–Trinajstić information content (AvgIpc) is 2.47. The van der Waals surface area contributed by atoms with Crippen LogP contribution in [0.1, 0.15) is 35.8 Å². The predicted octanol–water partition coefficient (Wildman–Crippen LogP) is 3.51. The first-order chi connectivity index (χ1) is 10.0. The van der Waals surface area contributed by atoms with Gasteiger partial charge >= 0.3 is 0 Å². The molecule has 0 radical (unpaired) electrons. The molecule has 1 amide bonds. The zero-order valence-corrected chi connectivity index (χ0v) is 12.8. The summed E-state index contributed by atoms with van der Waals surface area (Å²) in [5.41, 5.74) is 1.72. The van der Waals surface area contributed by atoms with Gasteiger partial charge in [-0.1, -0.05) is 25.4 Å². The molecule has 110 valence electrons. The van der Waals surface area contributed by atoms with E-state index in [1.54, 1.807) is 24.4 Å². The van der Waals surface area contributed by atoms with Crippen molar-refractivity contribution >= 4 is 23.2 Å². The van der Waals surface area contributed by atoms with Crippen LogP contribution in [0.25, 0.3) is 0 Å². The van der Waals surface area contributed by atoms with Crippen LogP contribution in [0.2, 0.25) is 5.15 Å². The minimum Gasteiger partial charge on any atom is -0.480 e. The topological polar surface area (TPSA) is 64.1 Å². The Kier molecular flexibility index (Phi) is 4.75. The molecule has 0 fully saturated rings. The van der Waals surface area contributed by atoms with Gasteiger partial charge in [-0.3, -0.25) is 4.79 Å². The summed E-state index contributed by atoms with van der Waals surface area (Å²) in [6, 6.07) is 6.70. The standard InChI is InChI=1S/C15H16ClN3O2/c1-9(2)12-7-10(8-13(16)18-12)14(20)19-11-5-4-6-17-15(11)21-3/h4-9H,1-3H3,(H,19,20). The predicted molar refractivity (Wildman–Crippen MR) is 82.1 cm³/mol. The van der Waals surface area contributed by atoms with Crippen molar-refractivity contribution in [2.45, 2.75) is 19.8 Å². The molecule has 0 unspecified atom stereocenters. The molecule has 5 nitrogen and oxygen atoms in total. The Bertz CT molecular complexity index is 659. The molecule has 2 aromatic rings. The van der Waals surface area contributed by atoms with E-state index in [0.29, 0.717) is 22.3 Å². The first-order valence-corrected chi connectivity index (χ1v) is 6.87. The van der Waals surface area contributed by atoms with Crippen molar-refractivity contribution in [3.8, 4) is 5.88 Å². The normalized spacial score (nSPS) is 10.5. The molecular formula is C15H16ClN3O2. The lowest BCUT2D eigenvalue weighted by Gasteiger charge is -2.11. The maximum absolute atomic E-state index is 12.3. The fraction of sp³-hybridized carbons (Fsp3) is 0.267. The number of aromatic nitrogens is 2. The molecule has 0 saturated heterocycles. The lowest BCUT2D eigenvalue weighted by Crippen LogP contribution is -2.14. The van der Waals surface area contributed by atoms with Crippen LogP contribution in [0, 0.1) is 0 Å². The van der Waals surface area contributed by atoms with Gasteiger partial charge in [0, 0.05) is 17.5 Å². The van der Waals surface area contributed by atoms with Gasteiger partial charge in [0.15, 0.2) is 0 Å². The number of nitrogens with zero attached hydrogens (tertiary/aromatic N) is 2. The van der Waals surface area contributed by atoms with Crippen LogP contribution in [-0.2, 0) is 0 Å². The Balaban J connectivity index is 2.28. The third kappa shape index (κ3) is 3.70. The first kappa shape index (κ1) is 15.3. The van der Waals surface area contributed by atoms with Gasteiger partial charge in [0.1, 0.15) is 10.8 Å². The molecule has 0 bridgehead atoms. The fourth-order valence-corrected chi connectivity index (χ4v) is 2.00. The third-order valence-electron chi connectivity index (χ3n) is 2.88. The number of nitrogens with one attached hydrogen (secondary N) is 1. The zero-order valence-electron chi connectivity index (χ0n) is 12.1. The van der Waals surface area contributed by atoms with Gasteiger partial charge < -0.3 is 10.1 Å². The quantitative estimate of drug-likeness (QED) is 0.878. The van der Waals surface area contributed by atoms with Crippen molar-refractivity contribution in [1.29, 1.82) is 0 Å². The van der Waals surface area contributed by atoms with Gasteiger partial charge in [0.05, 0.1) is 7.11 Å². The van der Waals surface area contributed by atoms with E-state index in [1.165, 1.54) is 13.2 Å². The Morgan fingerprint density at radius 3 is 2.81 bits per heavy atom. The van der Waals surface area contributed by atoms with E-state index in [9.17, 15) is 4.79 Å². The molecule has 2 heterocycles. The highest BCUT2D eigenvalue weighted by molar-refractivity contribution is 6.29. The fourth-order valence-electron chi connectivity index (χ4n) is 1.79. The number of rotatable bonds is 4. The monoisotopic (exact) mass is 305 g/mol. The summed E-state index contributed by atoms with van der Waals surface area (Å²) in [7, 11) is 1.50. The van der Waals surface area contributed by atoms with E-state index >= 15 is 0 Å². The minimum atomic E-state index is -0.285. The van der Waals surface area contributed by atoms with Gasteiger partial charge in [-0.15, -0.1) is 0 Å². The summed E-state index contributed by atoms with van der Waals surface area (Å²) in [4.78, 5) is 20.6. The molecule has 0 aliphatic rings. The second-order valence-electron chi connectivity index (χ2n) is 4.77. The number of amides is 1. The second kappa shape index (κ2) is 6.54. The van der Waals surface area contributed by atoms with Crippen molar-refractivity contribution < 1.29 is 9.53 Å². The molecule has 1 N–H and O–H groups in total. The van der Waals surface area contributed by atoms with Crippen LogP contribution < -0.4 is 10.1 Å². The number of hydrogen-bond acceptors (Lipinski definition) is 4. The number of halogens is 1. The smallest absolute Gasteiger partial charge is 0.255 e. The molecule has 0 saturated carbocycles. The van der Waals surface area contributed by atoms with Crippen molar-refractivity contribution in [3.63, 3.8) is 0 Å². The van der Waals surface area contributed by atoms with E-state index in [0.717, 1.165) is 5.69 Å². The molecule has 0 aliphatic carbocycles. The van der Waals surface area contributed by atoms with Crippen LogP contribution in [0.3, 0.4) is 0 Å². The molecule has 6 heteroatoms. The summed E-state index contributed by atoms with van der Waals surface area (Å²) in [5, 5.41) is 3.05. The van der Waals surface area contributed by atoms with E-state index in [2.05, 4.69) is 15.3 Å². The molecule has 0 aliphatic heterocycles. The largest absolute Gasteiger partial charge is 0.480 e. The summed E-state index contributed by atoms with van der Waals surface area (Å²) in [6.45, 7) is 3.98. The molecule has 2 aromatic heterocycles. The van der Waals surface area contributed by atoms with E-state index in [4.69, 9.17) is 16.3 Å². The number of ether oxygens (including phenoxy) is 1. The van der Waals surface area contributed by atoms with Gasteiger partial charge in [-0.2, -0.15) is 0 Å². The molecule has 0 aromatic carbocycles. The SMILES string of the molecule is COc1ncccc1NC(=O)c1cc(Cl)nc(C(C)C)c1. The Hall–Kier alpha value is -2.14. The van der Waals surface area contributed by atoms with Crippen LogP contribution in [0.15, 0.2) is 30.5 Å². The summed E-state index contributed by atoms with van der Waals surface area (Å²) in [5.74, 6) is 0.255. The second-order valence-corrected chi connectivity index (χ2v) is 5.16. The highest BCUT2D eigenvalue weighted by Crippen LogP contribution is 2.22. The maximum Gasteiger partial charge on any atom is 0.255 e. The van der Waals surface area contributed by atoms with Crippen LogP contribution in [-0.4, -0.2) is 23.0 Å². The third-order valence-corrected chi connectivity index (χ3v) is 3.07. The van der Waals surface area contributed by atoms with Gasteiger partial charge in [0.25, 0.3) is 5.91 Å². The molecular weight excluding hydrogens is 290 g/mol. The van der Waals surface area contributed by atoms with E-state index < -0.39 is 0 Å². The number of carbonyl (C=O) groups is 1. The lowest BCUT2D eigenvalue weighted by molar-refractivity contribution is 0.102. The highest BCUT2D eigenvalue weighted by atomic mass is 35.5. The Morgan fingerprint density at radius 1 is 1.38 bits per heavy atom. The number of hydrogen-bond donors (Lipinski definition) is 1. The van der Waals surface area contributed by atoms with Gasteiger partial charge in [-0.05, 0) is 30.2 Å². The molecule has 0 spiro atoms. The van der Waals surface area contributed by atoms with Crippen LogP contribution >= 0.6 is 11.6 Å². The van der Waals surface area contributed by atoms with E-state index in [-0.39, 0.29) is 11.8 Å². The van der Waals surface area contributed by atoms with Crippen molar-refractivity contribution in [2.75, 3.05) is 12.4 Å². The molecule has 2 rings (SSSR count). The molecule has 0 atom stereocenters. The first-order valence-electron chi connectivity index (χ1n) is 6.49. The number of methoxy groups -OCH3 is 1. The summed E-state index contributed by atoms with van der Waals surface area (Å²) in [6.07, 6.45) is 1.59. The van der Waals surface area contributed by atoms with Crippen LogP contribution in [0.4, 0.5) is 5.69 Å². The highest BCUT2D eigenvalue weighted by Gasteiger charge is 2.13. The maximum atomic E-state index is 12.3. The average molecular weight is 306 g/mol. The van der Waals surface area contributed by atoms with E-state index in [1.807, 2.05) is 13.8 Å². The molecule has 21 heavy (non-hydrogen) atoms. The van der Waals surface area contributed by atoms with Crippen LogP contribution in [0.5, 0.6) is 5.88 Å².